The van der Waals surface area contributed by atoms with Crippen molar-refractivity contribution >= 4 is 17.5 Å². The maximum absolute atomic E-state index is 12.2. The van der Waals surface area contributed by atoms with E-state index in [-0.39, 0.29) is 12.2 Å². The van der Waals surface area contributed by atoms with Crippen LogP contribution in [0, 0.1) is 0 Å². The SMILES string of the molecule is COc1ccccc1Oc1ccc(NC(=O)c2cn(CC(N)=O)nn2)cc1. The number of aromatic nitrogens is 3. The Balaban J connectivity index is 1.64. The van der Waals surface area contributed by atoms with Crippen molar-refractivity contribution in [3.05, 3.63) is 60.4 Å². The molecular formula is C18H17N5O4. The van der Waals surface area contributed by atoms with Crippen molar-refractivity contribution in [3.63, 3.8) is 0 Å². The van der Waals surface area contributed by atoms with E-state index in [0.29, 0.717) is 22.9 Å². The number of nitrogens with one attached hydrogen (secondary N) is 1. The first-order valence-electron chi connectivity index (χ1n) is 7.96. The molecule has 0 fully saturated rings. The Morgan fingerprint density at radius 2 is 1.81 bits per heavy atom. The van der Waals surface area contributed by atoms with E-state index in [1.807, 2.05) is 12.1 Å². The number of rotatable bonds is 7. The summed E-state index contributed by atoms with van der Waals surface area (Å²) in [4.78, 5) is 23.0. The second-order valence-corrected chi connectivity index (χ2v) is 5.50. The molecule has 3 rings (SSSR count). The molecule has 9 heteroatoms. The molecule has 3 N–H and O–H groups in total. The maximum Gasteiger partial charge on any atom is 0.277 e. The second-order valence-electron chi connectivity index (χ2n) is 5.50. The Morgan fingerprint density at radius 3 is 2.48 bits per heavy atom. The van der Waals surface area contributed by atoms with Crippen LogP contribution >= 0.6 is 0 Å². The molecule has 0 aliphatic carbocycles. The third kappa shape index (κ3) is 4.60. The van der Waals surface area contributed by atoms with Gasteiger partial charge in [0, 0.05) is 5.69 Å². The number of ether oxygens (including phenoxy) is 2. The summed E-state index contributed by atoms with van der Waals surface area (Å²) in [6, 6.07) is 14.1. The van der Waals surface area contributed by atoms with Gasteiger partial charge in [-0.25, -0.2) is 4.68 Å². The monoisotopic (exact) mass is 367 g/mol. The van der Waals surface area contributed by atoms with Gasteiger partial charge in [0.05, 0.1) is 13.3 Å². The highest BCUT2D eigenvalue weighted by Gasteiger charge is 2.12. The molecule has 0 saturated heterocycles. The summed E-state index contributed by atoms with van der Waals surface area (Å²) in [6.45, 7) is -0.144. The van der Waals surface area contributed by atoms with Crippen molar-refractivity contribution in [2.45, 2.75) is 6.54 Å². The molecule has 3 aromatic rings. The first-order valence-corrected chi connectivity index (χ1v) is 7.96. The standard InChI is InChI=1S/C18H17N5O4/c1-26-15-4-2-3-5-16(15)27-13-8-6-12(7-9-13)20-18(25)14-10-23(22-21-14)11-17(19)24/h2-10H,11H2,1H3,(H2,19,24)(H,20,25). The molecule has 0 bridgehead atoms. The lowest BCUT2D eigenvalue weighted by Gasteiger charge is -2.10. The van der Waals surface area contributed by atoms with Gasteiger partial charge in [0.15, 0.2) is 17.2 Å². The van der Waals surface area contributed by atoms with E-state index < -0.39 is 11.8 Å². The average molecular weight is 367 g/mol. The predicted octanol–water partition coefficient (Wildman–Crippen LogP) is 1.82. The molecule has 1 aromatic heterocycles. The van der Waals surface area contributed by atoms with Crippen LogP contribution in [0.3, 0.4) is 0 Å². The lowest BCUT2D eigenvalue weighted by molar-refractivity contribution is -0.118. The highest BCUT2D eigenvalue weighted by atomic mass is 16.5. The minimum absolute atomic E-state index is 0.0746. The molecule has 138 valence electrons. The summed E-state index contributed by atoms with van der Waals surface area (Å²) >= 11 is 0. The number of para-hydroxylation sites is 2. The molecule has 0 aliphatic heterocycles. The lowest BCUT2D eigenvalue weighted by Crippen LogP contribution is -2.19. The first-order chi connectivity index (χ1) is 13.0. The summed E-state index contributed by atoms with van der Waals surface area (Å²) in [6.07, 6.45) is 1.35. The van der Waals surface area contributed by atoms with Crippen molar-refractivity contribution in [2.75, 3.05) is 12.4 Å². The molecule has 0 saturated carbocycles. The Hall–Kier alpha value is -3.88. The van der Waals surface area contributed by atoms with Crippen LogP contribution in [-0.2, 0) is 11.3 Å². The van der Waals surface area contributed by atoms with E-state index in [1.165, 1.54) is 10.9 Å². The molecular weight excluding hydrogens is 350 g/mol. The van der Waals surface area contributed by atoms with Crippen molar-refractivity contribution in [3.8, 4) is 17.2 Å². The topological polar surface area (TPSA) is 121 Å². The van der Waals surface area contributed by atoms with Crippen LogP contribution < -0.4 is 20.5 Å². The van der Waals surface area contributed by atoms with Gasteiger partial charge < -0.3 is 20.5 Å². The van der Waals surface area contributed by atoms with Crippen LogP contribution in [0.5, 0.6) is 17.2 Å². The van der Waals surface area contributed by atoms with Crippen molar-refractivity contribution in [1.29, 1.82) is 0 Å². The number of primary amides is 1. The fourth-order valence-electron chi connectivity index (χ4n) is 2.27. The predicted molar refractivity (Wildman–Crippen MR) is 96.7 cm³/mol. The number of hydrogen-bond donors (Lipinski definition) is 2. The molecule has 0 spiro atoms. The van der Waals surface area contributed by atoms with E-state index in [2.05, 4.69) is 15.6 Å². The van der Waals surface area contributed by atoms with Crippen LogP contribution in [0.4, 0.5) is 5.69 Å². The Labute approximate surface area is 154 Å². The van der Waals surface area contributed by atoms with E-state index in [9.17, 15) is 9.59 Å². The van der Waals surface area contributed by atoms with E-state index in [1.54, 1.807) is 43.5 Å². The zero-order chi connectivity index (χ0) is 19.2. The number of carbonyl (C=O) groups excluding carboxylic acids is 2. The Kier molecular flexibility index (Phi) is 5.31. The van der Waals surface area contributed by atoms with Crippen molar-refractivity contribution in [1.82, 2.24) is 15.0 Å². The molecule has 27 heavy (non-hydrogen) atoms. The van der Waals surface area contributed by atoms with Gasteiger partial charge >= 0.3 is 0 Å². The molecule has 2 aromatic carbocycles. The quantitative estimate of drug-likeness (QED) is 0.657. The Morgan fingerprint density at radius 1 is 1.11 bits per heavy atom. The number of carbonyl (C=O) groups is 2. The second kappa shape index (κ2) is 8.00. The Bertz CT molecular complexity index is 952. The van der Waals surface area contributed by atoms with Gasteiger partial charge in [-0.05, 0) is 36.4 Å². The number of hydrogen-bond acceptors (Lipinski definition) is 6. The molecule has 0 unspecified atom stereocenters. The minimum atomic E-state index is -0.572. The number of amides is 2. The molecule has 1 heterocycles. The first kappa shape index (κ1) is 17.9. The number of benzene rings is 2. The van der Waals surface area contributed by atoms with Crippen LogP contribution in [0.25, 0.3) is 0 Å². The van der Waals surface area contributed by atoms with Crippen LogP contribution in [0.1, 0.15) is 10.5 Å². The van der Waals surface area contributed by atoms with Gasteiger partial charge in [0.25, 0.3) is 5.91 Å². The lowest BCUT2D eigenvalue weighted by atomic mass is 10.3. The molecule has 2 amide bonds. The van der Waals surface area contributed by atoms with Gasteiger partial charge in [-0.3, -0.25) is 9.59 Å². The molecule has 0 aliphatic rings. The highest BCUT2D eigenvalue weighted by Crippen LogP contribution is 2.31. The summed E-state index contributed by atoms with van der Waals surface area (Å²) in [5.74, 6) is 0.767. The van der Waals surface area contributed by atoms with Gasteiger partial charge in [0.1, 0.15) is 12.3 Å². The number of methoxy groups -OCH3 is 1. The third-order valence-corrected chi connectivity index (χ3v) is 3.50. The third-order valence-electron chi connectivity index (χ3n) is 3.50. The largest absolute Gasteiger partial charge is 0.493 e. The van der Waals surface area contributed by atoms with E-state index in [0.717, 1.165) is 0 Å². The number of nitrogens with zero attached hydrogens (tertiary/aromatic N) is 3. The van der Waals surface area contributed by atoms with E-state index in [4.69, 9.17) is 15.2 Å². The average Bonchev–Trinajstić information content (AvgIpc) is 3.11. The fraction of sp³-hybridized carbons (Fsp3) is 0.111. The van der Waals surface area contributed by atoms with Crippen LogP contribution in [-0.4, -0.2) is 33.9 Å². The number of nitrogens with two attached hydrogens (primary N) is 1. The molecule has 0 radical (unpaired) electrons. The molecule has 0 atom stereocenters. The van der Waals surface area contributed by atoms with Gasteiger partial charge in [0.2, 0.25) is 5.91 Å². The summed E-state index contributed by atoms with van der Waals surface area (Å²) in [5, 5.41) is 10.1. The minimum Gasteiger partial charge on any atom is -0.493 e. The fourth-order valence-corrected chi connectivity index (χ4v) is 2.27. The van der Waals surface area contributed by atoms with Crippen molar-refractivity contribution in [2.24, 2.45) is 5.73 Å². The zero-order valence-electron chi connectivity index (χ0n) is 14.5. The summed E-state index contributed by atoms with van der Waals surface area (Å²) < 4.78 is 12.2. The maximum atomic E-state index is 12.2. The van der Waals surface area contributed by atoms with Crippen LogP contribution in [0.2, 0.25) is 0 Å². The smallest absolute Gasteiger partial charge is 0.277 e. The number of anilines is 1. The van der Waals surface area contributed by atoms with Gasteiger partial charge in [-0.15, -0.1) is 5.10 Å². The zero-order valence-corrected chi connectivity index (χ0v) is 14.5. The van der Waals surface area contributed by atoms with Gasteiger partial charge in [-0.1, -0.05) is 17.3 Å². The highest BCUT2D eigenvalue weighted by molar-refractivity contribution is 6.02. The van der Waals surface area contributed by atoms with Gasteiger partial charge in [-0.2, -0.15) is 0 Å². The molecule has 9 nitrogen and oxygen atoms in total. The van der Waals surface area contributed by atoms with E-state index >= 15 is 0 Å². The van der Waals surface area contributed by atoms with Crippen LogP contribution in [0.15, 0.2) is 54.7 Å². The van der Waals surface area contributed by atoms with Crippen molar-refractivity contribution < 1.29 is 19.1 Å². The normalized spacial score (nSPS) is 10.3. The summed E-state index contributed by atoms with van der Waals surface area (Å²) in [7, 11) is 1.57. The summed E-state index contributed by atoms with van der Waals surface area (Å²) in [5.41, 5.74) is 5.70.